The number of carbonyl (C=O) groups excluding carboxylic acids is 1. The maximum absolute atomic E-state index is 13.3. The van der Waals surface area contributed by atoms with Crippen LogP contribution in [0.15, 0.2) is 42.9 Å². The Morgan fingerprint density at radius 3 is 2.85 bits per heavy atom. The molecule has 8 nitrogen and oxygen atoms in total. The van der Waals surface area contributed by atoms with E-state index in [0.717, 1.165) is 6.07 Å². The van der Waals surface area contributed by atoms with Crippen LogP contribution in [0.4, 0.5) is 19.0 Å². The molecule has 1 amide bonds. The molecule has 4 aromatic rings. The second-order valence-corrected chi connectivity index (χ2v) is 7.86. The third-order valence-corrected chi connectivity index (χ3v) is 5.77. The summed E-state index contributed by atoms with van der Waals surface area (Å²) < 4.78 is 48.6. The van der Waals surface area contributed by atoms with Crippen LogP contribution in [0.1, 0.15) is 22.0 Å². The molecule has 1 atom stereocenters. The Bertz CT molecular complexity index is 1420. The van der Waals surface area contributed by atoms with Crippen LogP contribution >= 0.6 is 11.6 Å². The first-order valence-corrected chi connectivity index (χ1v) is 10.0. The zero-order valence-electron chi connectivity index (χ0n) is 16.9. The van der Waals surface area contributed by atoms with Gasteiger partial charge in [-0.25, -0.2) is 9.97 Å². The Morgan fingerprint density at radius 1 is 1.30 bits per heavy atom. The van der Waals surface area contributed by atoms with Gasteiger partial charge in [0.05, 0.1) is 40.2 Å². The van der Waals surface area contributed by atoms with Crippen molar-refractivity contribution in [3.8, 4) is 11.5 Å². The van der Waals surface area contributed by atoms with Crippen molar-refractivity contribution >= 4 is 39.9 Å². The van der Waals surface area contributed by atoms with E-state index in [9.17, 15) is 18.0 Å². The number of anilines is 1. The Balaban J connectivity index is 1.48. The van der Waals surface area contributed by atoms with Crippen LogP contribution in [0.3, 0.4) is 0 Å². The molecule has 170 valence electrons. The van der Waals surface area contributed by atoms with Gasteiger partial charge in [0.1, 0.15) is 29.4 Å². The quantitative estimate of drug-likeness (QED) is 0.474. The van der Waals surface area contributed by atoms with Gasteiger partial charge in [0.2, 0.25) is 0 Å². The molecule has 2 N–H and O–H groups in total. The van der Waals surface area contributed by atoms with E-state index in [1.54, 1.807) is 36.1 Å². The molecule has 2 aromatic carbocycles. The number of nitrogens with two attached hydrogens (primary N) is 1. The first-order chi connectivity index (χ1) is 15.6. The molecule has 0 saturated carbocycles. The van der Waals surface area contributed by atoms with Crippen LogP contribution in [0.5, 0.6) is 11.5 Å². The van der Waals surface area contributed by atoms with E-state index in [4.69, 9.17) is 22.1 Å². The third kappa shape index (κ3) is 3.63. The van der Waals surface area contributed by atoms with Crippen LogP contribution in [-0.2, 0) is 0 Å². The minimum atomic E-state index is -4.81. The second-order valence-electron chi connectivity index (χ2n) is 7.46. The Hall–Kier alpha value is -3.73. The van der Waals surface area contributed by atoms with Crippen LogP contribution in [0.25, 0.3) is 16.6 Å². The monoisotopic (exact) mass is 477 g/mol. The van der Waals surface area contributed by atoms with Crippen molar-refractivity contribution in [2.45, 2.75) is 12.4 Å². The summed E-state index contributed by atoms with van der Waals surface area (Å²) in [6.07, 6.45) is -1.69. The molecule has 0 fully saturated rings. The number of benzene rings is 2. The number of nitrogens with zero attached hydrogens (tertiary/aromatic N) is 4. The van der Waals surface area contributed by atoms with Gasteiger partial charge in [-0.3, -0.25) is 9.20 Å². The number of amides is 1. The van der Waals surface area contributed by atoms with Gasteiger partial charge in [0.25, 0.3) is 5.91 Å². The highest BCUT2D eigenvalue weighted by Crippen LogP contribution is 2.40. The molecule has 0 saturated heterocycles. The maximum Gasteiger partial charge on any atom is 0.573 e. The first-order valence-electron chi connectivity index (χ1n) is 9.63. The van der Waals surface area contributed by atoms with Gasteiger partial charge in [-0.1, -0.05) is 11.6 Å². The molecular weight excluding hydrogens is 463 g/mol. The highest BCUT2D eigenvalue weighted by molar-refractivity contribution is 6.34. The van der Waals surface area contributed by atoms with Gasteiger partial charge in [0, 0.05) is 18.7 Å². The molecule has 3 heterocycles. The smallest absolute Gasteiger partial charge is 0.491 e. The number of aromatic nitrogens is 3. The topological polar surface area (TPSA) is 95.0 Å². The second kappa shape index (κ2) is 7.41. The molecule has 5 rings (SSSR count). The summed E-state index contributed by atoms with van der Waals surface area (Å²) in [4.78, 5) is 23.2. The Kier molecular flexibility index (Phi) is 4.74. The van der Waals surface area contributed by atoms with Crippen molar-refractivity contribution in [2.75, 3.05) is 19.4 Å². The Morgan fingerprint density at radius 2 is 2.09 bits per heavy atom. The SMILES string of the molecule is CN(C(=O)c1cc2c(cc1Cl)nc(N)c1cncn12)C1COc2cc(OC(F)(F)F)ccc21. The van der Waals surface area contributed by atoms with Gasteiger partial charge in [-0.05, 0) is 24.3 Å². The number of imidazole rings is 1. The van der Waals surface area contributed by atoms with Gasteiger partial charge >= 0.3 is 6.36 Å². The molecule has 1 aliphatic heterocycles. The minimum absolute atomic E-state index is 0.0715. The molecule has 0 aliphatic carbocycles. The van der Waals surface area contributed by atoms with Gasteiger partial charge in [-0.15, -0.1) is 13.2 Å². The van der Waals surface area contributed by atoms with Crippen molar-refractivity contribution in [1.29, 1.82) is 0 Å². The van der Waals surface area contributed by atoms with Crippen molar-refractivity contribution in [2.24, 2.45) is 0 Å². The van der Waals surface area contributed by atoms with E-state index < -0.39 is 24.1 Å². The number of nitrogen functional groups attached to an aromatic ring is 1. The number of halogens is 4. The number of ether oxygens (including phenoxy) is 2. The minimum Gasteiger partial charge on any atom is -0.491 e. The largest absolute Gasteiger partial charge is 0.573 e. The van der Waals surface area contributed by atoms with E-state index >= 15 is 0 Å². The summed E-state index contributed by atoms with van der Waals surface area (Å²) >= 11 is 6.40. The molecule has 0 radical (unpaired) electrons. The molecule has 0 spiro atoms. The average molecular weight is 478 g/mol. The summed E-state index contributed by atoms with van der Waals surface area (Å²) in [7, 11) is 1.57. The number of hydrogen-bond acceptors (Lipinski definition) is 6. The summed E-state index contributed by atoms with van der Waals surface area (Å²) in [5, 5.41) is 0.179. The van der Waals surface area contributed by atoms with Crippen LogP contribution in [-0.4, -0.2) is 45.2 Å². The number of fused-ring (bicyclic) bond motifs is 4. The number of rotatable bonds is 3. The van der Waals surface area contributed by atoms with E-state index in [1.807, 2.05) is 0 Å². The number of likely N-dealkylation sites (N-methyl/N-ethyl adjacent to an activating group) is 1. The number of carbonyl (C=O) groups is 1. The van der Waals surface area contributed by atoms with Crippen molar-refractivity contribution in [1.82, 2.24) is 19.3 Å². The lowest BCUT2D eigenvalue weighted by molar-refractivity contribution is -0.274. The van der Waals surface area contributed by atoms with E-state index in [2.05, 4.69) is 14.7 Å². The molecule has 1 aliphatic rings. The molecular formula is C21H15ClF3N5O3. The first kappa shape index (κ1) is 21.1. The van der Waals surface area contributed by atoms with Crippen molar-refractivity contribution in [3.63, 3.8) is 0 Å². The lowest BCUT2D eigenvalue weighted by atomic mass is 10.1. The highest BCUT2D eigenvalue weighted by Gasteiger charge is 2.35. The van der Waals surface area contributed by atoms with Gasteiger partial charge in [0.15, 0.2) is 0 Å². The fourth-order valence-corrected chi connectivity index (χ4v) is 4.12. The van der Waals surface area contributed by atoms with Crippen LogP contribution in [0, 0.1) is 0 Å². The molecule has 0 bridgehead atoms. The summed E-state index contributed by atoms with van der Waals surface area (Å²) in [5.74, 6) is -0.305. The Labute approximate surface area is 189 Å². The van der Waals surface area contributed by atoms with E-state index in [1.165, 1.54) is 17.0 Å². The van der Waals surface area contributed by atoms with Crippen molar-refractivity contribution < 1.29 is 27.4 Å². The average Bonchev–Trinajstić information content (AvgIpc) is 3.39. The van der Waals surface area contributed by atoms with Crippen molar-refractivity contribution in [3.05, 3.63) is 59.0 Å². The standard InChI is InChI=1S/C21H15ClF3N5O3/c1-29(17-8-32-18-4-10(2-3-11(17)18)33-21(23,24)25)20(31)12-5-15-14(6-13(12)22)28-19(26)16-7-27-9-30(15)16/h2-7,9,17H,8H2,1H3,(H2,26,28). The number of alkyl halides is 3. The molecule has 1 unspecified atom stereocenters. The van der Waals surface area contributed by atoms with Gasteiger partial charge in [-0.2, -0.15) is 0 Å². The molecule has 2 aromatic heterocycles. The predicted molar refractivity (Wildman–Crippen MR) is 113 cm³/mol. The van der Waals surface area contributed by atoms with Gasteiger partial charge < -0.3 is 20.1 Å². The lowest BCUT2D eigenvalue weighted by Gasteiger charge is -2.24. The summed E-state index contributed by atoms with van der Waals surface area (Å²) in [5.41, 5.74) is 8.42. The van der Waals surface area contributed by atoms with E-state index in [0.29, 0.717) is 22.1 Å². The number of hydrogen-bond donors (Lipinski definition) is 1. The lowest BCUT2D eigenvalue weighted by Crippen LogP contribution is -2.32. The normalized spacial score (nSPS) is 15.5. The highest BCUT2D eigenvalue weighted by atomic mass is 35.5. The predicted octanol–water partition coefficient (Wildman–Crippen LogP) is 4.22. The fraction of sp³-hybridized carbons (Fsp3) is 0.190. The summed E-state index contributed by atoms with van der Waals surface area (Å²) in [6.45, 7) is 0.0715. The van der Waals surface area contributed by atoms with E-state index in [-0.39, 0.29) is 28.8 Å². The third-order valence-electron chi connectivity index (χ3n) is 5.46. The zero-order valence-corrected chi connectivity index (χ0v) is 17.7. The molecule has 12 heteroatoms. The maximum atomic E-state index is 13.3. The fourth-order valence-electron chi connectivity index (χ4n) is 3.88. The van der Waals surface area contributed by atoms with Crippen LogP contribution < -0.4 is 15.2 Å². The summed E-state index contributed by atoms with van der Waals surface area (Å²) in [6, 6.07) is 6.40. The zero-order chi connectivity index (χ0) is 23.5. The molecule has 33 heavy (non-hydrogen) atoms. The van der Waals surface area contributed by atoms with Crippen LogP contribution in [0.2, 0.25) is 5.02 Å².